The molecule has 7 heteroatoms. The van der Waals surface area contributed by atoms with E-state index in [1.807, 2.05) is 0 Å². The van der Waals surface area contributed by atoms with Gasteiger partial charge in [-0.05, 0) is 50.6 Å². The van der Waals surface area contributed by atoms with Gasteiger partial charge in [-0.25, -0.2) is 17.2 Å². The fourth-order valence-corrected chi connectivity index (χ4v) is 5.17. The minimum Gasteiger partial charge on any atom is -0.370 e. The lowest BCUT2D eigenvalue weighted by atomic mass is 10.0. The van der Waals surface area contributed by atoms with Crippen LogP contribution in [-0.4, -0.2) is 31.4 Å². The van der Waals surface area contributed by atoms with Gasteiger partial charge in [0, 0.05) is 12.1 Å². The van der Waals surface area contributed by atoms with Crippen molar-refractivity contribution in [3.63, 3.8) is 0 Å². The van der Waals surface area contributed by atoms with Gasteiger partial charge in [-0.2, -0.15) is 4.31 Å². The maximum atomic E-state index is 14.1. The Morgan fingerprint density at radius 3 is 2.50 bits per heavy atom. The number of hydrogen-bond donors (Lipinski definition) is 0. The lowest BCUT2D eigenvalue weighted by Gasteiger charge is -2.44. The first-order valence-electron chi connectivity index (χ1n) is 8.28. The number of benzene rings is 2. The molecule has 1 fully saturated rings. The first-order valence-corrected chi connectivity index (χ1v) is 9.72. The lowest BCUT2D eigenvalue weighted by Crippen LogP contribution is -2.56. The zero-order chi connectivity index (χ0) is 19.1. The van der Waals surface area contributed by atoms with E-state index in [-0.39, 0.29) is 18.0 Å². The summed E-state index contributed by atoms with van der Waals surface area (Å²) in [4.78, 5) is 0.0427. The fraction of sp³-hybridized carbons (Fsp3) is 0.368. The van der Waals surface area contributed by atoms with E-state index in [1.54, 1.807) is 39.0 Å². The van der Waals surface area contributed by atoms with Crippen LogP contribution in [0.1, 0.15) is 31.1 Å². The second-order valence-electron chi connectivity index (χ2n) is 7.08. The molecule has 0 aromatic heterocycles. The van der Waals surface area contributed by atoms with Crippen molar-refractivity contribution in [2.75, 3.05) is 13.2 Å². The summed E-state index contributed by atoms with van der Waals surface area (Å²) < 4.78 is 61.1. The van der Waals surface area contributed by atoms with Crippen LogP contribution in [-0.2, 0) is 14.8 Å². The first-order chi connectivity index (χ1) is 12.1. The molecule has 2 aromatic rings. The van der Waals surface area contributed by atoms with Gasteiger partial charge in [-0.1, -0.05) is 18.2 Å². The molecule has 1 unspecified atom stereocenters. The normalized spacial score (nSPS) is 20.9. The van der Waals surface area contributed by atoms with Crippen molar-refractivity contribution >= 4 is 10.0 Å². The minimum atomic E-state index is -3.91. The van der Waals surface area contributed by atoms with Crippen LogP contribution in [0.25, 0.3) is 0 Å². The molecule has 1 saturated heterocycles. The molecule has 0 spiro atoms. The molecule has 1 heterocycles. The Bertz CT molecular complexity index is 928. The molecule has 1 atom stereocenters. The number of aryl methyl sites for hydroxylation is 1. The van der Waals surface area contributed by atoms with Gasteiger partial charge in [0.25, 0.3) is 0 Å². The molecule has 26 heavy (non-hydrogen) atoms. The number of rotatable bonds is 3. The Hall–Kier alpha value is -1.83. The molecular formula is C19H21F2NO3S. The highest BCUT2D eigenvalue weighted by Crippen LogP contribution is 2.36. The van der Waals surface area contributed by atoms with Crippen molar-refractivity contribution in [1.82, 2.24) is 4.31 Å². The van der Waals surface area contributed by atoms with Crippen molar-refractivity contribution in [3.8, 4) is 0 Å². The number of sulfonamides is 1. The average molecular weight is 381 g/mol. The molecule has 1 aliphatic heterocycles. The Morgan fingerprint density at radius 2 is 1.85 bits per heavy atom. The van der Waals surface area contributed by atoms with E-state index in [9.17, 15) is 17.2 Å². The number of nitrogens with zero attached hydrogens (tertiary/aromatic N) is 1. The number of hydrogen-bond acceptors (Lipinski definition) is 3. The minimum absolute atomic E-state index is 0.0208. The summed E-state index contributed by atoms with van der Waals surface area (Å²) >= 11 is 0. The number of halogens is 2. The van der Waals surface area contributed by atoms with Gasteiger partial charge in [0.05, 0.1) is 23.1 Å². The molecule has 1 aliphatic rings. The van der Waals surface area contributed by atoms with Gasteiger partial charge >= 0.3 is 0 Å². The van der Waals surface area contributed by atoms with Crippen LogP contribution in [0.15, 0.2) is 47.4 Å². The second kappa shape index (κ2) is 6.72. The van der Waals surface area contributed by atoms with Crippen LogP contribution in [0.5, 0.6) is 0 Å². The van der Waals surface area contributed by atoms with Crippen LogP contribution in [0.4, 0.5) is 8.78 Å². The molecule has 140 valence electrons. The molecule has 2 aromatic carbocycles. The van der Waals surface area contributed by atoms with Crippen molar-refractivity contribution in [3.05, 3.63) is 65.2 Å². The van der Waals surface area contributed by atoms with Crippen LogP contribution >= 0.6 is 0 Å². The van der Waals surface area contributed by atoms with Crippen LogP contribution in [0, 0.1) is 18.6 Å². The standard InChI is InChI=1S/C19H21F2NO3S/c1-13-10-14(20)8-9-18(13)26(23,24)22-11-17(25-12-19(22,2)3)15-6-4-5-7-16(15)21/h4-10,17H,11-12H2,1-3H3. The summed E-state index contributed by atoms with van der Waals surface area (Å²) in [7, 11) is -3.91. The average Bonchev–Trinajstić information content (AvgIpc) is 2.55. The summed E-state index contributed by atoms with van der Waals surface area (Å²) in [5, 5.41) is 0. The first kappa shape index (κ1) is 18.9. The molecular weight excluding hydrogens is 360 g/mol. The van der Waals surface area contributed by atoms with Gasteiger partial charge in [-0.3, -0.25) is 0 Å². The van der Waals surface area contributed by atoms with Crippen molar-refractivity contribution < 1.29 is 21.9 Å². The smallest absolute Gasteiger partial charge is 0.244 e. The predicted octanol–water partition coefficient (Wildman–Crippen LogP) is 3.81. The Morgan fingerprint density at radius 1 is 1.15 bits per heavy atom. The molecule has 3 rings (SSSR count). The van der Waals surface area contributed by atoms with E-state index in [2.05, 4.69) is 0 Å². The van der Waals surface area contributed by atoms with E-state index in [0.29, 0.717) is 11.1 Å². The Labute approximate surface area is 152 Å². The van der Waals surface area contributed by atoms with E-state index in [4.69, 9.17) is 4.74 Å². The van der Waals surface area contributed by atoms with Crippen molar-refractivity contribution in [1.29, 1.82) is 0 Å². The predicted molar refractivity (Wildman–Crippen MR) is 94.2 cm³/mol. The topological polar surface area (TPSA) is 46.6 Å². The third-order valence-electron chi connectivity index (χ3n) is 4.60. The molecule has 0 aliphatic carbocycles. The number of morpholine rings is 1. The van der Waals surface area contributed by atoms with Crippen LogP contribution in [0.2, 0.25) is 0 Å². The van der Waals surface area contributed by atoms with Crippen LogP contribution < -0.4 is 0 Å². The van der Waals surface area contributed by atoms with Gasteiger partial charge in [0.15, 0.2) is 0 Å². The Balaban J connectivity index is 2.01. The summed E-state index contributed by atoms with van der Waals surface area (Å²) in [6.07, 6.45) is -0.709. The summed E-state index contributed by atoms with van der Waals surface area (Å²) in [6.45, 7) is 5.15. The zero-order valence-electron chi connectivity index (χ0n) is 14.9. The highest BCUT2D eigenvalue weighted by atomic mass is 32.2. The molecule has 0 amide bonds. The third kappa shape index (κ3) is 3.39. The van der Waals surface area contributed by atoms with Gasteiger partial charge in [-0.15, -0.1) is 0 Å². The van der Waals surface area contributed by atoms with E-state index >= 15 is 0 Å². The maximum Gasteiger partial charge on any atom is 0.244 e. The van der Waals surface area contributed by atoms with E-state index < -0.39 is 33.3 Å². The zero-order valence-corrected chi connectivity index (χ0v) is 15.7. The maximum absolute atomic E-state index is 14.1. The third-order valence-corrected chi connectivity index (χ3v) is 6.84. The molecule has 0 radical (unpaired) electrons. The quantitative estimate of drug-likeness (QED) is 0.812. The Kier molecular flexibility index (Phi) is 4.90. The lowest BCUT2D eigenvalue weighted by molar-refractivity contribution is -0.0668. The highest BCUT2D eigenvalue weighted by molar-refractivity contribution is 7.89. The molecule has 0 bridgehead atoms. The van der Waals surface area contributed by atoms with Crippen molar-refractivity contribution in [2.45, 2.75) is 37.3 Å². The fourth-order valence-electron chi connectivity index (χ4n) is 3.20. The van der Waals surface area contributed by atoms with Gasteiger partial charge in [0.1, 0.15) is 11.6 Å². The largest absolute Gasteiger partial charge is 0.370 e. The molecule has 4 nitrogen and oxygen atoms in total. The van der Waals surface area contributed by atoms with Gasteiger partial charge in [0.2, 0.25) is 10.0 Å². The summed E-state index contributed by atoms with van der Waals surface area (Å²) in [6, 6.07) is 9.75. The van der Waals surface area contributed by atoms with Crippen molar-refractivity contribution in [2.24, 2.45) is 0 Å². The number of ether oxygens (including phenoxy) is 1. The second-order valence-corrected chi connectivity index (χ2v) is 8.91. The summed E-state index contributed by atoms with van der Waals surface area (Å²) in [5.41, 5.74) is -0.171. The van der Waals surface area contributed by atoms with Gasteiger partial charge < -0.3 is 4.74 Å². The monoisotopic (exact) mass is 381 g/mol. The summed E-state index contributed by atoms with van der Waals surface area (Å²) in [5.74, 6) is -0.931. The SMILES string of the molecule is Cc1cc(F)ccc1S(=O)(=O)N1CC(c2ccccc2F)OCC1(C)C. The highest BCUT2D eigenvalue weighted by Gasteiger charge is 2.44. The van der Waals surface area contributed by atoms with E-state index in [0.717, 1.165) is 6.07 Å². The molecule has 0 saturated carbocycles. The van der Waals surface area contributed by atoms with E-state index in [1.165, 1.54) is 22.5 Å². The van der Waals surface area contributed by atoms with Crippen LogP contribution in [0.3, 0.4) is 0 Å². The molecule has 0 N–H and O–H groups in total.